The van der Waals surface area contributed by atoms with E-state index < -0.39 is 29.0 Å². The van der Waals surface area contributed by atoms with E-state index in [-0.39, 0.29) is 31.2 Å². The van der Waals surface area contributed by atoms with Crippen molar-refractivity contribution in [3.63, 3.8) is 0 Å². The number of benzene rings is 2. The van der Waals surface area contributed by atoms with Gasteiger partial charge in [-0.3, -0.25) is 14.2 Å². The number of nitrogens with zero attached hydrogens (tertiary/aromatic N) is 1. The van der Waals surface area contributed by atoms with E-state index in [1.165, 1.54) is 36.4 Å². The Morgan fingerprint density at radius 2 is 1.94 bits per heavy atom. The van der Waals surface area contributed by atoms with E-state index in [2.05, 4.69) is 5.32 Å². The number of aryl methyl sites for hydroxylation is 1. The number of pyridine rings is 1. The first-order valence-electron chi connectivity index (χ1n) is 9.85. The average Bonchev–Trinajstić information content (AvgIpc) is 2.77. The number of hydrogen-bond donors (Lipinski definition) is 1. The molecule has 1 N–H and O–H groups in total. The molecule has 0 unspecified atom stereocenters. The minimum absolute atomic E-state index is 0.0146. The molecule has 1 aromatic heterocycles. The van der Waals surface area contributed by atoms with Crippen LogP contribution in [0.4, 0.5) is 17.6 Å². The van der Waals surface area contributed by atoms with Gasteiger partial charge in [0.2, 0.25) is 0 Å². The van der Waals surface area contributed by atoms with Crippen molar-refractivity contribution in [2.75, 3.05) is 6.79 Å². The maximum absolute atomic E-state index is 13.9. The summed E-state index contributed by atoms with van der Waals surface area (Å²) in [4.78, 5) is 25.8. The van der Waals surface area contributed by atoms with Gasteiger partial charge in [-0.15, -0.1) is 0 Å². The molecule has 6 nitrogen and oxygen atoms in total. The number of aromatic nitrogens is 1. The Kier molecular flexibility index (Phi) is 5.94. The van der Waals surface area contributed by atoms with Gasteiger partial charge < -0.3 is 14.8 Å². The first-order valence-corrected chi connectivity index (χ1v) is 9.85. The Bertz CT molecular complexity index is 1280. The molecule has 0 saturated carbocycles. The standard InChI is InChI=1S/C23H18F4N2O4/c1-13-5-6-19(22(31)29(13)18-4-2-3-16(9-18)23(25,26)27)21(30)28-10-14-7-17(24)8-15-11-32-12-33-20(14)15/h2-9H,10-12H2,1H3,(H,28,30). The summed E-state index contributed by atoms with van der Waals surface area (Å²) in [5.74, 6) is -0.895. The summed E-state index contributed by atoms with van der Waals surface area (Å²) in [5.41, 5.74) is -0.774. The molecule has 1 aliphatic heterocycles. The smallest absolute Gasteiger partial charge is 0.416 e. The first kappa shape index (κ1) is 22.5. The molecule has 10 heteroatoms. The maximum Gasteiger partial charge on any atom is 0.416 e. The Hall–Kier alpha value is -3.66. The number of alkyl halides is 3. The molecule has 172 valence electrons. The normalized spacial score (nSPS) is 13.2. The molecule has 0 aliphatic carbocycles. The lowest BCUT2D eigenvalue weighted by Gasteiger charge is -2.21. The van der Waals surface area contributed by atoms with E-state index in [0.717, 1.165) is 16.7 Å². The van der Waals surface area contributed by atoms with Gasteiger partial charge in [0.15, 0.2) is 6.79 Å². The van der Waals surface area contributed by atoms with Gasteiger partial charge in [0, 0.05) is 29.1 Å². The van der Waals surface area contributed by atoms with E-state index >= 15 is 0 Å². The first-order chi connectivity index (χ1) is 15.6. The predicted octanol–water partition coefficient (Wildman–Crippen LogP) is 4.10. The largest absolute Gasteiger partial charge is 0.467 e. The van der Waals surface area contributed by atoms with Gasteiger partial charge in [0.05, 0.1) is 12.2 Å². The van der Waals surface area contributed by atoms with E-state index in [4.69, 9.17) is 9.47 Å². The van der Waals surface area contributed by atoms with Crippen molar-refractivity contribution in [2.24, 2.45) is 0 Å². The van der Waals surface area contributed by atoms with Crippen LogP contribution in [0.25, 0.3) is 5.69 Å². The lowest BCUT2D eigenvalue weighted by atomic mass is 10.1. The molecule has 4 rings (SSSR count). The number of nitrogens with one attached hydrogen (secondary N) is 1. The summed E-state index contributed by atoms with van der Waals surface area (Å²) in [5, 5.41) is 2.55. The molecule has 3 aromatic rings. The Morgan fingerprint density at radius 3 is 2.70 bits per heavy atom. The van der Waals surface area contributed by atoms with Crippen LogP contribution in [-0.4, -0.2) is 17.3 Å². The summed E-state index contributed by atoms with van der Waals surface area (Å²) in [7, 11) is 0. The quantitative estimate of drug-likeness (QED) is 0.593. The molecule has 33 heavy (non-hydrogen) atoms. The van der Waals surface area contributed by atoms with Crippen molar-refractivity contribution in [3.05, 3.63) is 92.6 Å². The molecule has 0 fully saturated rings. The van der Waals surface area contributed by atoms with Crippen LogP contribution in [0.3, 0.4) is 0 Å². The van der Waals surface area contributed by atoms with Crippen LogP contribution < -0.4 is 15.6 Å². The molecular weight excluding hydrogens is 444 g/mol. The van der Waals surface area contributed by atoms with Crippen LogP contribution >= 0.6 is 0 Å². The number of rotatable bonds is 4. The number of halogens is 4. The van der Waals surface area contributed by atoms with Gasteiger partial charge >= 0.3 is 6.18 Å². The van der Waals surface area contributed by atoms with Gasteiger partial charge in [-0.05, 0) is 49.4 Å². The molecule has 0 bridgehead atoms. The zero-order valence-electron chi connectivity index (χ0n) is 17.3. The fourth-order valence-corrected chi connectivity index (χ4v) is 3.60. The van der Waals surface area contributed by atoms with Crippen molar-refractivity contribution in [1.29, 1.82) is 0 Å². The minimum atomic E-state index is -4.58. The van der Waals surface area contributed by atoms with Crippen molar-refractivity contribution in [1.82, 2.24) is 9.88 Å². The third-order valence-electron chi connectivity index (χ3n) is 5.14. The number of carbonyl (C=O) groups excluding carboxylic acids is 1. The fraction of sp³-hybridized carbons (Fsp3) is 0.217. The topological polar surface area (TPSA) is 69.6 Å². The fourth-order valence-electron chi connectivity index (χ4n) is 3.60. The minimum Gasteiger partial charge on any atom is -0.467 e. The Balaban J connectivity index is 1.63. The van der Waals surface area contributed by atoms with Crippen molar-refractivity contribution < 1.29 is 31.8 Å². The summed E-state index contributed by atoms with van der Waals surface area (Å²) in [6.07, 6.45) is -4.58. The zero-order chi connectivity index (χ0) is 23.8. The predicted molar refractivity (Wildman–Crippen MR) is 110 cm³/mol. The second-order valence-electron chi connectivity index (χ2n) is 7.42. The van der Waals surface area contributed by atoms with Gasteiger partial charge in [-0.25, -0.2) is 4.39 Å². The van der Waals surface area contributed by atoms with Gasteiger partial charge in [0.1, 0.15) is 17.1 Å². The SMILES string of the molecule is Cc1ccc(C(=O)NCc2cc(F)cc3c2OCOC3)c(=O)n1-c1cccc(C(F)(F)F)c1. The van der Waals surface area contributed by atoms with E-state index in [0.29, 0.717) is 22.6 Å². The summed E-state index contributed by atoms with van der Waals surface area (Å²) >= 11 is 0. The number of fused-ring (bicyclic) bond motifs is 1. The molecule has 0 atom stereocenters. The molecular formula is C23H18F4N2O4. The Labute approximate surface area is 185 Å². The third-order valence-corrected chi connectivity index (χ3v) is 5.14. The molecule has 0 spiro atoms. The van der Waals surface area contributed by atoms with Gasteiger partial charge in [0.25, 0.3) is 11.5 Å². The number of amides is 1. The highest BCUT2D eigenvalue weighted by molar-refractivity contribution is 5.93. The Morgan fingerprint density at radius 1 is 1.15 bits per heavy atom. The lowest BCUT2D eigenvalue weighted by molar-refractivity contribution is -0.137. The van der Waals surface area contributed by atoms with Crippen molar-refractivity contribution in [2.45, 2.75) is 26.3 Å². The van der Waals surface area contributed by atoms with Crippen LogP contribution in [0.2, 0.25) is 0 Å². The lowest BCUT2D eigenvalue weighted by Crippen LogP contribution is -2.33. The van der Waals surface area contributed by atoms with E-state index in [1.54, 1.807) is 6.92 Å². The second kappa shape index (κ2) is 8.70. The van der Waals surface area contributed by atoms with Crippen molar-refractivity contribution in [3.8, 4) is 11.4 Å². The van der Waals surface area contributed by atoms with Gasteiger partial charge in [-0.1, -0.05) is 6.07 Å². The second-order valence-corrected chi connectivity index (χ2v) is 7.42. The molecule has 0 radical (unpaired) electrons. The average molecular weight is 462 g/mol. The molecule has 2 aromatic carbocycles. The molecule has 2 heterocycles. The van der Waals surface area contributed by atoms with Crippen LogP contribution in [-0.2, 0) is 24.1 Å². The zero-order valence-corrected chi connectivity index (χ0v) is 17.3. The van der Waals surface area contributed by atoms with Crippen LogP contribution in [0.5, 0.6) is 5.75 Å². The summed E-state index contributed by atoms with van der Waals surface area (Å²) in [6, 6.07) is 9.51. The molecule has 1 aliphatic rings. The highest BCUT2D eigenvalue weighted by atomic mass is 19.4. The van der Waals surface area contributed by atoms with E-state index in [9.17, 15) is 27.2 Å². The summed E-state index contributed by atoms with van der Waals surface area (Å²) in [6.45, 7) is 1.56. The molecule has 0 saturated heterocycles. The highest BCUT2D eigenvalue weighted by Gasteiger charge is 2.30. The number of ether oxygens (including phenoxy) is 2. The van der Waals surface area contributed by atoms with Gasteiger partial charge in [-0.2, -0.15) is 13.2 Å². The maximum atomic E-state index is 13.9. The van der Waals surface area contributed by atoms with Crippen LogP contribution in [0.15, 0.2) is 53.3 Å². The molecule has 1 amide bonds. The van der Waals surface area contributed by atoms with Crippen LogP contribution in [0, 0.1) is 12.7 Å². The number of carbonyl (C=O) groups is 1. The monoisotopic (exact) mass is 462 g/mol. The van der Waals surface area contributed by atoms with Crippen molar-refractivity contribution >= 4 is 5.91 Å². The highest BCUT2D eigenvalue weighted by Crippen LogP contribution is 2.31. The number of hydrogen-bond acceptors (Lipinski definition) is 4. The third kappa shape index (κ3) is 4.61. The van der Waals surface area contributed by atoms with E-state index in [1.807, 2.05) is 0 Å². The van der Waals surface area contributed by atoms with Crippen LogP contribution in [0.1, 0.15) is 32.7 Å². The summed E-state index contributed by atoms with van der Waals surface area (Å²) < 4.78 is 64.8.